The SMILES string of the molecule is CCN1CCc2c(sc(NC(=O)c3ccc(OC)cc3OC)c2-c2nc3ccccc3s2)C1. The standard InChI is InChI=1S/C25H25N3O3S2/c1-4-28-12-11-17-21(14-28)33-25(22(17)24-26-18-7-5-6-8-20(18)32-24)27-23(29)16-10-9-15(30-2)13-19(16)31-3/h5-10,13H,4,11-12,14H2,1-3H3,(H,27,29). The van der Waals surface area contributed by atoms with Crippen LogP contribution in [-0.4, -0.2) is 43.1 Å². The van der Waals surface area contributed by atoms with Crippen LogP contribution >= 0.6 is 22.7 Å². The van der Waals surface area contributed by atoms with Crippen molar-refractivity contribution >= 4 is 43.8 Å². The van der Waals surface area contributed by atoms with Gasteiger partial charge in [-0.15, -0.1) is 22.7 Å². The van der Waals surface area contributed by atoms with E-state index >= 15 is 0 Å². The van der Waals surface area contributed by atoms with Crippen LogP contribution in [0.25, 0.3) is 20.8 Å². The van der Waals surface area contributed by atoms with Gasteiger partial charge in [-0.25, -0.2) is 4.98 Å². The average molecular weight is 480 g/mol. The fraction of sp³-hybridized carbons (Fsp3) is 0.280. The molecule has 6 nitrogen and oxygen atoms in total. The summed E-state index contributed by atoms with van der Waals surface area (Å²) in [6, 6.07) is 13.4. The summed E-state index contributed by atoms with van der Waals surface area (Å²) in [6.07, 6.45) is 0.951. The van der Waals surface area contributed by atoms with E-state index in [-0.39, 0.29) is 5.91 Å². The molecule has 1 N–H and O–H groups in total. The van der Waals surface area contributed by atoms with Gasteiger partial charge in [-0.05, 0) is 42.8 Å². The molecule has 33 heavy (non-hydrogen) atoms. The van der Waals surface area contributed by atoms with E-state index in [1.165, 1.54) is 10.4 Å². The first-order valence-electron chi connectivity index (χ1n) is 10.9. The Bertz CT molecular complexity index is 1290. The summed E-state index contributed by atoms with van der Waals surface area (Å²) in [5.74, 6) is 0.916. The fourth-order valence-corrected chi connectivity index (χ4v) is 6.57. The Morgan fingerprint density at radius 2 is 2.00 bits per heavy atom. The minimum atomic E-state index is -0.206. The number of thiophene rings is 1. The molecule has 170 valence electrons. The van der Waals surface area contributed by atoms with Crippen LogP contribution in [0.5, 0.6) is 11.5 Å². The average Bonchev–Trinajstić information content (AvgIpc) is 3.43. The van der Waals surface area contributed by atoms with Gasteiger partial charge in [-0.3, -0.25) is 9.69 Å². The number of amides is 1. The topological polar surface area (TPSA) is 63.7 Å². The van der Waals surface area contributed by atoms with Gasteiger partial charge in [0.2, 0.25) is 0 Å². The van der Waals surface area contributed by atoms with E-state index in [2.05, 4.69) is 23.2 Å². The second-order valence-electron chi connectivity index (χ2n) is 7.83. The highest BCUT2D eigenvalue weighted by molar-refractivity contribution is 7.23. The summed E-state index contributed by atoms with van der Waals surface area (Å²) >= 11 is 3.33. The minimum absolute atomic E-state index is 0.206. The number of benzene rings is 2. The van der Waals surface area contributed by atoms with Gasteiger partial charge in [-0.2, -0.15) is 0 Å². The van der Waals surface area contributed by atoms with Crippen molar-refractivity contribution in [2.24, 2.45) is 0 Å². The lowest BCUT2D eigenvalue weighted by Crippen LogP contribution is -2.29. The fourth-order valence-electron chi connectivity index (χ4n) is 4.18. The lowest BCUT2D eigenvalue weighted by atomic mass is 10.0. The molecule has 0 aliphatic carbocycles. The monoisotopic (exact) mass is 479 g/mol. The Labute approximate surface area is 200 Å². The van der Waals surface area contributed by atoms with E-state index < -0.39 is 0 Å². The summed E-state index contributed by atoms with van der Waals surface area (Å²) in [5.41, 5.74) is 3.82. The molecule has 0 bridgehead atoms. The first-order valence-corrected chi connectivity index (χ1v) is 12.5. The molecule has 0 fully saturated rings. The van der Waals surface area contributed by atoms with Gasteiger partial charge in [-0.1, -0.05) is 19.1 Å². The number of methoxy groups -OCH3 is 2. The Kier molecular flexibility index (Phi) is 6.05. The number of nitrogens with one attached hydrogen (secondary N) is 1. The summed E-state index contributed by atoms with van der Waals surface area (Å²) in [4.78, 5) is 22.0. The van der Waals surface area contributed by atoms with Crippen molar-refractivity contribution in [3.05, 3.63) is 58.5 Å². The molecule has 4 aromatic rings. The zero-order valence-corrected chi connectivity index (χ0v) is 20.4. The molecule has 2 aromatic carbocycles. The van der Waals surface area contributed by atoms with Gasteiger partial charge in [0.25, 0.3) is 5.91 Å². The highest BCUT2D eigenvalue weighted by Crippen LogP contribution is 2.46. The van der Waals surface area contributed by atoms with Crippen LogP contribution in [-0.2, 0) is 13.0 Å². The zero-order valence-electron chi connectivity index (χ0n) is 18.8. The van der Waals surface area contributed by atoms with Crippen LogP contribution in [0.1, 0.15) is 27.7 Å². The van der Waals surface area contributed by atoms with Crippen LogP contribution in [0.15, 0.2) is 42.5 Å². The van der Waals surface area contributed by atoms with Crippen LogP contribution in [0, 0.1) is 0 Å². The number of likely N-dealkylation sites (N-methyl/N-ethyl adjacent to an activating group) is 1. The van der Waals surface area contributed by atoms with E-state index in [0.29, 0.717) is 17.1 Å². The number of hydrogen-bond donors (Lipinski definition) is 1. The molecule has 5 rings (SSSR count). The first-order chi connectivity index (χ1) is 16.1. The number of hydrogen-bond acceptors (Lipinski definition) is 7. The van der Waals surface area contributed by atoms with Crippen LogP contribution in [0.2, 0.25) is 0 Å². The van der Waals surface area contributed by atoms with Crippen molar-refractivity contribution < 1.29 is 14.3 Å². The van der Waals surface area contributed by atoms with E-state index in [0.717, 1.165) is 51.8 Å². The van der Waals surface area contributed by atoms with Crippen LogP contribution in [0.3, 0.4) is 0 Å². The molecule has 0 atom stereocenters. The molecule has 1 aliphatic rings. The van der Waals surface area contributed by atoms with Gasteiger partial charge < -0.3 is 14.8 Å². The third-order valence-corrected chi connectivity index (χ3v) is 8.16. The molecule has 1 aliphatic heterocycles. The van der Waals surface area contributed by atoms with Gasteiger partial charge in [0.1, 0.15) is 21.5 Å². The van der Waals surface area contributed by atoms with Gasteiger partial charge in [0, 0.05) is 29.6 Å². The number of thiazole rings is 1. The second kappa shape index (κ2) is 9.13. The van der Waals surface area contributed by atoms with Crippen molar-refractivity contribution in [2.45, 2.75) is 19.9 Å². The van der Waals surface area contributed by atoms with Gasteiger partial charge in [0.15, 0.2) is 0 Å². The molecule has 1 amide bonds. The van der Waals surface area contributed by atoms with Crippen molar-refractivity contribution in [3.63, 3.8) is 0 Å². The number of ether oxygens (including phenoxy) is 2. The molecule has 8 heteroatoms. The number of carbonyl (C=O) groups is 1. The Morgan fingerprint density at radius 3 is 2.76 bits per heavy atom. The van der Waals surface area contributed by atoms with Crippen LogP contribution in [0.4, 0.5) is 5.00 Å². The number of fused-ring (bicyclic) bond motifs is 2. The maximum absolute atomic E-state index is 13.3. The second-order valence-corrected chi connectivity index (χ2v) is 9.97. The molecule has 0 saturated heterocycles. The number of carbonyl (C=O) groups excluding carboxylic acids is 1. The molecule has 0 saturated carbocycles. The predicted octanol–water partition coefficient (Wildman–Crippen LogP) is 5.67. The van der Waals surface area contributed by atoms with Crippen molar-refractivity contribution in [2.75, 3.05) is 32.6 Å². The normalized spacial score (nSPS) is 13.7. The largest absolute Gasteiger partial charge is 0.497 e. The Hall–Kier alpha value is -2.94. The molecular weight excluding hydrogens is 454 g/mol. The third kappa shape index (κ3) is 4.10. The summed E-state index contributed by atoms with van der Waals surface area (Å²) in [6.45, 7) is 5.11. The van der Waals surface area contributed by atoms with Crippen molar-refractivity contribution in [1.29, 1.82) is 0 Å². The molecule has 0 radical (unpaired) electrons. The Morgan fingerprint density at radius 1 is 1.15 bits per heavy atom. The molecule has 0 spiro atoms. The molecule has 2 aromatic heterocycles. The number of rotatable bonds is 6. The van der Waals surface area contributed by atoms with E-state index in [4.69, 9.17) is 14.5 Å². The number of anilines is 1. The van der Waals surface area contributed by atoms with Gasteiger partial charge in [0.05, 0.1) is 30.0 Å². The Balaban J connectivity index is 1.57. The molecule has 3 heterocycles. The number of para-hydroxylation sites is 1. The van der Waals surface area contributed by atoms with Crippen LogP contribution < -0.4 is 14.8 Å². The summed E-state index contributed by atoms with van der Waals surface area (Å²) in [7, 11) is 3.15. The highest BCUT2D eigenvalue weighted by Gasteiger charge is 2.28. The quantitative estimate of drug-likeness (QED) is 0.386. The maximum Gasteiger partial charge on any atom is 0.260 e. The van der Waals surface area contributed by atoms with E-state index in [1.54, 1.807) is 55.1 Å². The third-order valence-electron chi connectivity index (χ3n) is 5.97. The van der Waals surface area contributed by atoms with Crippen molar-refractivity contribution in [1.82, 2.24) is 9.88 Å². The lowest BCUT2D eigenvalue weighted by Gasteiger charge is -2.25. The molecular formula is C25H25N3O3S2. The number of aromatic nitrogens is 1. The maximum atomic E-state index is 13.3. The summed E-state index contributed by atoms with van der Waals surface area (Å²) in [5, 5.41) is 4.98. The smallest absolute Gasteiger partial charge is 0.260 e. The van der Waals surface area contributed by atoms with Crippen molar-refractivity contribution in [3.8, 4) is 22.1 Å². The lowest BCUT2D eigenvalue weighted by molar-refractivity contribution is 0.102. The first kappa shape index (κ1) is 21.9. The van der Waals surface area contributed by atoms with Gasteiger partial charge >= 0.3 is 0 Å². The predicted molar refractivity (Wildman–Crippen MR) is 135 cm³/mol. The number of nitrogens with zero attached hydrogens (tertiary/aromatic N) is 2. The zero-order chi connectivity index (χ0) is 22.9. The molecule has 0 unspecified atom stereocenters. The highest BCUT2D eigenvalue weighted by atomic mass is 32.1. The summed E-state index contributed by atoms with van der Waals surface area (Å²) < 4.78 is 11.9. The van der Waals surface area contributed by atoms with E-state index in [9.17, 15) is 4.79 Å². The minimum Gasteiger partial charge on any atom is -0.497 e. The van der Waals surface area contributed by atoms with E-state index in [1.807, 2.05) is 18.2 Å².